The van der Waals surface area contributed by atoms with Crippen LogP contribution in [0.4, 0.5) is 5.69 Å². The lowest BCUT2D eigenvalue weighted by atomic mass is 9.91. The first-order valence-electron chi connectivity index (χ1n) is 6.18. The van der Waals surface area contributed by atoms with Gasteiger partial charge in [-0.3, -0.25) is 10.1 Å². The van der Waals surface area contributed by atoms with E-state index in [4.69, 9.17) is 0 Å². The minimum absolute atomic E-state index is 0.0369. The highest BCUT2D eigenvalue weighted by molar-refractivity contribution is 6.05. The Bertz CT molecular complexity index is 779. The second-order valence-corrected chi connectivity index (χ2v) is 4.59. The number of aromatic carboxylic acids is 2. The predicted molar refractivity (Wildman–Crippen MR) is 77.2 cm³/mol. The minimum atomic E-state index is -1.27. The van der Waals surface area contributed by atoms with Crippen LogP contribution in [0.15, 0.2) is 36.4 Å². The normalized spacial score (nSPS) is 10.2. The molecule has 0 aliphatic carbocycles. The van der Waals surface area contributed by atoms with Gasteiger partial charge in [-0.25, -0.2) is 9.59 Å². The van der Waals surface area contributed by atoms with Crippen molar-refractivity contribution in [3.05, 3.63) is 63.2 Å². The van der Waals surface area contributed by atoms with Crippen LogP contribution < -0.4 is 0 Å². The summed E-state index contributed by atoms with van der Waals surface area (Å²) in [6.07, 6.45) is 0. The summed E-state index contributed by atoms with van der Waals surface area (Å²) in [5.41, 5.74) is 0.278. The number of benzene rings is 2. The Balaban J connectivity index is 2.76. The van der Waals surface area contributed by atoms with Gasteiger partial charge in [0, 0.05) is 17.7 Å². The van der Waals surface area contributed by atoms with Gasteiger partial charge < -0.3 is 10.2 Å². The molecule has 2 aromatic carbocycles. The van der Waals surface area contributed by atoms with E-state index in [1.807, 2.05) is 0 Å². The number of nitro benzene ring substituents is 1. The van der Waals surface area contributed by atoms with Gasteiger partial charge in [-0.1, -0.05) is 6.07 Å². The molecule has 2 rings (SSSR count). The average Bonchev–Trinajstić information content (AvgIpc) is 2.46. The molecular weight excluding hydrogens is 290 g/mol. The Kier molecular flexibility index (Phi) is 3.89. The predicted octanol–water partition coefficient (Wildman–Crippen LogP) is 2.97. The number of carboxylic acid groups (broad SMARTS) is 2. The molecule has 0 bridgehead atoms. The first-order valence-corrected chi connectivity index (χ1v) is 6.18. The van der Waals surface area contributed by atoms with Crippen LogP contribution in [0.2, 0.25) is 0 Å². The van der Waals surface area contributed by atoms with Crippen LogP contribution in [0.25, 0.3) is 11.1 Å². The molecule has 0 radical (unpaired) electrons. The summed E-state index contributed by atoms with van der Waals surface area (Å²) >= 11 is 0. The van der Waals surface area contributed by atoms with Gasteiger partial charge in [-0.2, -0.15) is 0 Å². The number of hydrogen-bond acceptors (Lipinski definition) is 4. The topological polar surface area (TPSA) is 118 Å². The van der Waals surface area contributed by atoms with Crippen molar-refractivity contribution in [2.24, 2.45) is 0 Å². The first kappa shape index (κ1) is 15.2. The highest BCUT2D eigenvalue weighted by atomic mass is 16.6. The molecule has 0 heterocycles. The van der Waals surface area contributed by atoms with Crippen molar-refractivity contribution in [3.63, 3.8) is 0 Å². The number of nitro groups is 1. The minimum Gasteiger partial charge on any atom is -0.478 e. The largest absolute Gasteiger partial charge is 0.478 e. The third-order valence-electron chi connectivity index (χ3n) is 3.22. The maximum Gasteiger partial charge on any atom is 0.336 e. The van der Waals surface area contributed by atoms with E-state index < -0.39 is 16.9 Å². The summed E-state index contributed by atoms with van der Waals surface area (Å²) in [7, 11) is 0. The number of carboxylic acids is 2. The van der Waals surface area contributed by atoms with Crippen molar-refractivity contribution in [2.75, 3.05) is 0 Å². The molecule has 0 atom stereocenters. The van der Waals surface area contributed by atoms with Crippen molar-refractivity contribution in [1.82, 2.24) is 0 Å². The fraction of sp³-hybridized carbons (Fsp3) is 0.0667. The number of nitrogens with zero attached hydrogens (tertiary/aromatic N) is 1. The monoisotopic (exact) mass is 301 g/mol. The lowest BCUT2D eigenvalue weighted by molar-refractivity contribution is -0.384. The summed E-state index contributed by atoms with van der Waals surface area (Å²) in [5.74, 6) is -2.52. The first-order chi connectivity index (χ1) is 10.3. The molecule has 0 unspecified atom stereocenters. The zero-order valence-corrected chi connectivity index (χ0v) is 11.4. The van der Waals surface area contributed by atoms with Gasteiger partial charge in [0.05, 0.1) is 16.1 Å². The van der Waals surface area contributed by atoms with Crippen LogP contribution in [-0.4, -0.2) is 27.1 Å². The number of hydrogen-bond donors (Lipinski definition) is 2. The zero-order chi connectivity index (χ0) is 16.4. The van der Waals surface area contributed by atoms with Crippen LogP contribution in [0, 0.1) is 17.0 Å². The fourth-order valence-corrected chi connectivity index (χ4v) is 2.21. The Labute approximate surface area is 124 Å². The van der Waals surface area contributed by atoms with Gasteiger partial charge in [0.25, 0.3) is 5.69 Å². The van der Waals surface area contributed by atoms with Crippen LogP contribution in [0.1, 0.15) is 26.3 Å². The van der Waals surface area contributed by atoms with Crippen molar-refractivity contribution in [1.29, 1.82) is 0 Å². The Hall–Kier alpha value is -3.22. The lowest BCUT2D eigenvalue weighted by Gasteiger charge is -2.12. The molecule has 112 valence electrons. The molecule has 0 amide bonds. The second kappa shape index (κ2) is 5.65. The standard InChI is InChI=1S/C15H11NO6/c1-8-2-7-11(14(17)18)13(12(8)15(19)20)9-3-5-10(6-4-9)16(21)22/h2-7H,1H3,(H,17,18)(H,19,20). The highest BCUT2D eigenvalue weighted by Crippen LogP contribution is 2.31. The van der Waals surface area contributed by atoms with E-state index in [9.17, 15) is 29.9 Å². The third-order valence-corrected chi connectivity index (χ3v) is 3.22. The smallest absolute Gasteiger partial charge is 0.336 e. The molecule has 0 saturated heterocycles. The molecule has 0 aromatic heterocycles. The molecular formula is C15H11NO6. The van der Waals surface area contributed by atoms with E-state index in [2.05, 4.69) is 0 Å². The van der Waals surface area contributed by atoms with Crippen molar-refractivity contribution < 1.29 is 24.7 Å². The van der Waals surface area contributed by atoms with Crippen LogP contribution in [0.3, 0.4) is 0 Å². The quantitative estimate of drug-likeness (QED) is 0.662. The molecule has 0 saturated carbocycles. The van der Waals surface area contributed by atoms with Gasteiger partial charge in [0.15, 0.2) is 0 Å². The molecule has 7 heteroatoms. The Morgan fingerprint density at radius 1 is 1.00 bits per heavy atom. The fourth-order valence-electron chi connectivity index (χ4n) is 2.21. The van der Waals surface area contributed by atoms with Gasteiger partial charge >= 0.3 is 11.9 Å². The molecule has 0 spiro atoms. The van der Waals surface area contributed by atoms with E-state index in [1.165, 1.54) is 36.4 Å². The molecule has 7 nitrogen and oxygen atoms in total. The van der Waals surface area contributed by atoms with Crippen molar-refractivity contribution >= 4 is 17.6 Å². The van der Waals surface area contributed by atoms with E-state index in [0.29, 0.717) is 11.1 Å². The van der Waals surface area contributed by atoms with E-state index in [0.717, 1.165) is 0 Å². The van der Waals surface area contributed by atoms with Crippen molar-refractivity contribution in [3.8, 4) is 11.1 Å². The Morgan fingerprint density at radius 3 is 2.05 bits per heavy atom. The van der Waals surface area contributed by atoms with Gasteiger partial charge in [-0.05, 0) is 36.2 Å². The Morgan fingerprint density at radius 2 is 1.59 bits per heavy atom. The molecule has 2 aromatic rings. The molecule has 0 aliphatic rings. The second-order valence-electron chi connectivity index (χ2n) is 4.59. The molecule has 22 heavy (non-hydrogen) atoms. The van der Waals surface area contributed by atoms with E-state index in [1.54, 1.807) is 6.92 Å². The molecule has 0 aliphatic heterocycles. The number of carbonyl (C=O) groups is 2. The maximum absolute atomic E-state index is 11.5. The van der Waals surface area contributed by atoms with Gasteiger partial charge in [-0.15, -0.1) is 0 Å². The highest BCUT2D eigenvalue weighted by Gasteiger charge is 2.22. The van der Waals surface area contributed by atoms with Gasteiger partial charge in [0.1, 0.15) is 0 Å². The zero-order valence-electron chi connectivity index (χ0n) is 11.4. The molecule has 2 N–H and O–H groups in total. The lowest BCUT2D eigenvalue weighted by Crippen LogP contribution is -2.09. The number of rotatable bonds is 4. The number of non-ortho nitro benzene ring substituents is 1. The summed E-state index contributed by atoms with van der Waals surface area (Å²) < 4.78 is 0. The van der Waals surface area contributed by atoms with Crippen LogP contribution in [-0.2, 0) is 0 Å². The molecule has 0 fully saturated rings. The van der Waals surface area contributed by atoms with Crippen LogP contribution in [0.5, 0.6) is 0 Å². The summed E-state index contributed by atoms with van der Waals surface area (Å²) in [5, 5.41) is 29.3. The number of aryl methyl sites for hydroxylation is 1. The SMILES string of the molecule is Cc1ccc(C(=O)O)c(-c2ccc([N+](=O)[O-])cc2)c1C(=O)O. The summed E-state index contributed by atoms with van der Waals surface area (Å²) in [4.78, 5) is 32.9. The average molecular weight is 301 g/mol. The summed E-state index contributed by atoms with van der Waals surface area (Å²) in [6.45, 7) is 1.56. The van der Waals surface area contributed by atoms with Crippen molar-refractivity contribution in [2.45, 2.75) is 6.92 Å². The van der Waals surface area contributed by atoms with Crippen LogP contribution >= 0.6 is 0 Å². The van der Waals surface area contributed by atoms with E-state index in [-0.39, 0.29) is 22.4 Å². The maximum atomic E-state index is 11.5. The van der Waals surface area contributed by atoms with E-state index >= 15 is 0 Å². The third kappa shape index (κ3) is 2.64. The summed E-state index contributed by atoms with van der Waals surface area (Å²) in [6, 6.07) is 7.82. The van der Waals surface area contributed by atoms with Gasteiger partial charge in [0.2, 0.25) is 0 Å².